The SMILES string of the molecule is COc1ccc(NC(=O)c2ccc(N3CCC(Cc4ccccc4)CC3)nn2)cc1Cl. The second kappa shape index (κ2) is 9.79. The van der Waals surface area contributed by atoms with Crippen LogP contribution in [0, 0.1) is 5.92 Å². The van der Waals surface area contributed by atoms with Gasteiger partial charge in [0, 0.05) is 18.8 Å². The molecule has 0 atom stereocenters. The lowest BCUT2D eigenvalue weighted by Crippen LogP contribution is -2.35. The summed E-state index contributed by atoms with van der Waals surface area (Å²) in [6.45, 7) is 1.89. The van der Waals surface area contributed by atoms with Crippen LogP contribution in [0.2, 0.25) is 5.02 Å². The zero-order chi connectivity index (χ0) is 21.6. The second-order valence-electron chi connectivity index (χ2n) is 7.70. The fourth-order valence-electron chi connectivity index (χ4n) is 3.87. The Morgan fingerprint density at radius 3 is 2.52 bits per heavy atom. The molecule has 2 aromatic carbocycles. The summed E-state index contributed by atoms with van der Waals surface area (Å²) in [5, 5.41) is 11.6. The number of rotatable bonds is 6. The van der Waals surface area contributed by atoms with Gasteiger partial charge in [0.2, 0.25) is 0 Å². The van der Waals surface area contributed by atoms with E-state index in [0.717, 1.165) is 38.2 Å². The number of ether oxygens (including phenoxy) is 1. The third-order valence-electron chi connectivity index (χ3n) is 5.60. The normalized spacial score (nSPS) is 14.3. The van der Waals surface area contributed by atoms with Crippen molar-refractivity contribution in [2.45, 2.75) is 19.3 Å². The molecular formula is C24H25ClN4O2. The molecule has 0 spiro atoms. The van der Waals surface area contributed by atoms with Crippen LogP contribution in [0.5, 0.6) is 5.75 Å². The number of nitrogens with zero attached hydrogens (tertiary/aromatic N) is 3. The minimum atomic E-state index is -0.332. The molecule has 6 nitrogen and oxygen atoms in total. The van der Waals surface area contributed by atoms with Crippen LogP contribution >= 0.6 is 11.6 Å². The van der Waals surface area contributed by atoms with E-state index >= 15 is 0 Å². The number of aromatic nitrogens is 2. The first-order chi connectivity index (χ1) is 15.1. The van der Waals surface area contributed by atoms with Gasteiger partial charge in [0.25, 0.3) is 5.91 Å². The van der Waals surface area contributed by atoms with Crippen LogP contribution in [-0.2, 0) is 6.42 Å². The van der Waals surface area contributed by atoms with Crippen LogP contribution < -0.4 is 15.0 Å². The standard InChI is InChI=1S/C24H25ClN4O2/c1-31-22-9-7-19(16-20(22)25)26-24(30)21-8-10-23(28-27-21)29-13-11-18(12-14-29)15-17-5-3-2-4-6-17/h2-10,16,18H,11-15H2,1H3,(H,26,30). The Balaban J connectivity index is 1.32. The van der Waals surface area contributed by atoms with Crippen molar-refractivity contribution in [1.29, 1.82) is 0 Å². The Kier molecular flexibility index (Phi) is 6.67. The first-order valence-corrected chi connectivity index (χ1v) is 10.8. The number of methoxy groups -OCH3 is 1. The zero-order valence-electron chi connectivity index (χ0n) is 17.4. The maximum absolute atomic E-state index is 12.5. The van der Waals surface area contributed by atoms with Gasteiger partial charge in [-0.05, 0) is 61.1 Å². The van der Waals surface area contributed by atoms with Gasteiger partial charge in [-0.2, -0.15) is 0 Å². The quantitative estimate of drug-likeness (QED) is 0.598. The molecule has 4 rings (SSSR count). The maximum Gasteiger partial charge on any atom is 0.276 e. The third kappa shape index (κ3) is 5.33. The van der Waals surface area contributed by atoms with Crippen LogP contribution in [0.3, 0.4) is 0 Å². The monoisotopic (exact) mass is 436 g/mol. The average Bonchev–Trinajstić information content (AvgIpc) is 2.80. The van der Waals surface area contributed by atoms with Crippen LogP contribution in [-0.4, -0.2) is 36.3 Å². The highest BCUT2D eigenvalue weighted by atomic mass is 35.5. The van der Waals surface area contributed by atoms with E-state index in [1.807, 2.05) is 6.07 Å². The number of carbonyl (C=O) groups is 1. The Morgan fingerprint density at radius 2 is 1.87 bits per heavy atom. The summed E-state index contributed by atoms with van der Waals surface area (Å²) in [4.78, 5) is 14.7. The number of hydrogen-bond acceptors (Lipinski definition) is 5. The molecule has 31 heavy (non-hydrogen) atoms. The molecule has 1 amide bonds. The van der Waals surface area contributed by atoms with Gasteiger partial charge < -0.3 is 15.0 Å². The van der Waals surface area contributed by atoms with Crippen molar-refractivity contribution < 1.29 is 9.53 Å². The van der Waals surface area contributed by atoms with Gasteiger partial charge in [0.05, 0.1) is 12.1 Å². The minimum absolute atomic E-state index is 0.259. The zero-order valence-corrected chi connectivity index (χ0v) is 18.2. The number of nitrogens with one attached hydrogen (secondary N) is 1. The molecule has 160 valence electrons. The van der Waals surface area contributed by atoms with E-state index in [1.165, 1.54) is 5.56 Å². The number of anilines is 2. The fourth-order valence-corrected chi connectivity index (χ4v) is 4.13. The predicted molar refractivity (Wildman–Crippen MR) is 123 cm³/mol. The van der Waals surface area contributed by atoms with Crippen molar-refractivity contribution in [3.05, 3.63) is 76.9 Å². The minimum Gasteiger partial charge on any atom is -0.495 e. The average molecular weight is 437 g/mol. The molecule has 0 unspecified atom stereocenters. The maximum atomic E-state index is 12.5. The second-order valence-corrected chi connectivity index (χ2v) is 8.11. The number of hydrogen-bond donors (Lipinski definition) is 1. The lowest BCUT2D eigenvalue weighted by atomic mass is 9.90. The van der Waals surface area contributed by atoms with Gasteiger partial charge in [-0.25, -0.2) is 0 Å². The number of carbonyl (C=O) groups excluding carboxylic acids is 1. The highest BCUT2D eigenvalue weighted by Gasteiger charge is 2.21. The molecule has 7 heteroatoms. The summed E-state index contributed by atoms with van der Waals surface area (Å²) >= 11 is 6.11. The van der Waals surface area contributed by atoms with Crippen molar-refractivity contribution >= 4 is 29.0 Å². The molecule has 0 bridgehead atoms. The van der Waals surface area contributed by atoms with Crippen LogP contribution in [0.1, 0.15) is 28.9 Å². The van der Waals surface area contributed by atoms with E-state index in [-0.39, 0.29) is 11.6 Å². The molecule has 0 saturated carbocycles. The summed E-state index contributed by atoms with van der Waals surface area (Å²) in [6, 6.07) is 19.3. The van der Waals surface area contributed by atoms with Crippen molar-refractivity contribution in [1.82, 2.24) is 10.2 Å². The number of amides is 1. The molecule has 2 heterocycles. The van der Waals surface area contributed by atoms with Crippen molar-refractivity contribution in [2.75, 3.05) is 30.4 Å². The summed E-state index contributed by atoms with van der Waals surface area (Å²) in [5.74, 6) is 1.72. The Morgan fingerprint density at radius 1 is 1.10 bits per heavy atom. The molecule has 1 N–H and O–H groups in total. The number of halogens is 1. The van der Waals surface area contributed by atoms with Gasteiger partial charge in [-0.1, -0.05) is 41.9 Å². The van der Waals surface area contributed by atoms with Gasteiger partial charge in [-0.15, -0.1) is 10.2 Å². The summed E-state index contributed by atoms with van der Waals surface area (Å²) < 4.78 is 5.12. The molecule has 0 radical (unpaired) electrons. The van der Waals surface area contributed by atoms with Crippen LogP contribution in [0.4, 0.5) is 11.5 Å². The Labute approximate surface area is 187 Å². The molecule has 1 aliphatic rings. The topological polar surface area (TPSA) is 67.3 Å². The van der Waals surface area contributed by atoms with Crippen molar-refractivity contribution in [3.8, 4) is 5.75 Å². The molecule has 0 aliphatic carbocycles. The Hall–Kier alpha value is -3.12. The van der Waals surface area contributed by atoms with E-state index in [1.54, 1.807) is 31.4 Å². The first-order valence-electron chi connectivity index (χ1n) is 10.4. The molecule has 1 aliphatic heterocycles. The summed E-state index contributed by atoms with van der Waals surface area (Å²) in [5.41, 5.74) is 2.23. The highest BCUT2D eigenvalue weighted by Crippen LogP contribution is 2.28. The first kappa shape index (κ1) is 21.1. The molecule has 1 fully saturated rings. The lowest BCUT2D eigenvalue weighted by molar-refractivity contribution is 0.102. The van der Waals surface area contributed by atoms with Gasteiger partial charge in [0.1, 0.15) is 5.75 Å². The van der Waals surface area contributed by atoms with Crippen molar-refractivity contribution in [2.24, 2.45) is 5.92 Å². The molecule has 3 aromatic rings. The predicted octanol–water partition coefficient (Wildman–Crippen LogP) is 4.85. The van der Waals surface area contributed by atoms with E-state index in [0.29, 0.717) is 22.4 Å². The third-order valence-corrected chi connectivity index (χ3v) is 5.89. The summed E-state index contributed by atoms with van der Waals surface area (Å²) in [6.07, 6.45) is 3.36. The van der Waals surface area contributed by atoms with Crippen LogP contribution in [0.25, 0.3) is 0 Å². The number of piperidine rings is 1. The van der Waals surface area contributed by atoms with Crippen molar-refractivity contribution in [3.63, 3.8) is 0 Å². The van der Waals surface area contributed by atoms with E-state index < -0.39 is 0 Å². The van der Waals surface area contributed by atoms with Gasteiger partial charge >= 0.3 is 0 Å². The lowest BCUT2D eigenvalue weighted by Gasteiger charge is -2.32. The highest BCUT2D eigenvalue weighted by molar-refractivity contribution is 6.32. The molecule has 1 aromatic heterocycles. The van der Waals surface area contributed by atoms with E-state index in [4.69, 9.17) is 16.3 Å². The molecule has 1 saturated heterocycles. The summed E-state index contributed by atoms with van der Waals surface area (Å²) in [7, 11) is 1.54. The smallest absolute Gasteiger partial charge is 0.276 e. The van der Waals surface area contributed by atoms with E-state index in [2.05, 4.69) is 50.7 Å². The molecular weight excluding hydrogens is 412 g/mol. The van der Waals surface area contributed by atoms with Gasteiger partial charge in [-0.3, -0.25) is 4.79 Å². The van der Waals surface area contributed by atoms with E-state index in [9.17, 15) is 4.79 Å². The number of benzene rings is 2. The fraction of sp³-hybridized carbons (Fsp3) is 0.292. The van der Waals surface area contributed by atoms with Crippen LogP contribution in [0.15, 0.2) is 60.7 Å². The van der Waals surface area contributed by atoms with Gasteiger partial charge in [0.15, 0.2) is 11.5 Å². The largest absolute Gasteiger partial charge is 0.495 e. The Bertz CT molecular complexity index is 1020.